The maximum atomic E-state index is 10.3. The highest BCUT2D eigenvalue weighted by atomic mass is 127. The molecule has 0 aliphatic heterocycles. The Balaban J connectivity index is 3.12. The third kappa shape index (κ3) is 2.59. The van der Waals surface area contributed by atoms with E-state index >= 15 is 0 Å². The Kier molecular flexibility index (Phi) is 3.15. The van der Waals surface area contributed by atoms with Gasteiger partial charge >= 0.3 is 6.09 Å². The van der Waals surface area contributed by atoms with Crippen molar-refractivity contribution in [3.63, 3.8) is 0 Å². The van der Waals surface area contributed by atoms with Crippen LogP contribution in [0.15, 0.2) is 6.07 Å². The summed E-state index contributed by atoms with van der Waals surface area (Å²) < 4.78 is 0.649. The Labute approximate surface area is 92.4 Å². The lowest BCUT2D eigenvalue weighted by Gasteiger charge is -2.05. The zero-order chi connectivity index (χ0) is 10.0. The summed E-state index contributed by atoms with van der Waals surface area (Å²) in [6.45, 7) is 0. The minimum atomic E-state index is -1.23. The first kappa shape index (κ1) is 10.3. The van der Waals surface area contributed by atoms with E-state index in [1.54, 1.807) is 6.07 Å². The molecule has 0 aliphatic carbocycles. The SMILES string of the molecule is Nc1cc(I)c(Cl)c(NC(=O)O)n1. The number of pyridine rings is 1. The summed E-state index contributed by atoms with van der Waals surface area (Å²) in [6, 6.07) is 1.55. The largest absolute Gasteiger partial charge is 0.465 e. The number of aromatic nitrogens is 1. The van der Waals surface area contributed by atoms with Gasteiger partial charge < -0.3 is 10.8 Å². The van der Waals surface area contributed by atoms with Crippen LogP contribution in [-0.4, -0.2) is 16.2 Å². The molecule has 0 fully saturated rings. The highest BCUT2D eigenvalue weighted by Crippen LogP contribution is 2.26. The molecular formula is C6H5ClIN3O2. The molecular weight excluding hydrogens is 308 g/mol. The zero-order valence-corrected chi connectivity index (χ0v) is 9.13. The fraction of sp³-hybridized carbons (Fsp3) is 0. The van der Waals surface area contributed by atoms with Crippen molar-refractivity contribution in [3.8, 4) is 0 Å². The molecule has 0 unspecified atom stereocenters. The normalized spacial score (nSPS) is 9.69. The average Bonchev–Trinajstić information content (AvgIpc) is 1.98. The summed E-state index contributed by atoms with van der Waals surface area (Å²) in [4.78, 5) is 14.0. The summed E-state index contributed by atoms with van der Waals surface area (Å²) in [5.41, 5.74) is 5.40. The molecule has 7 heteroatoms. The van der Waals surface area contributed by atoms with Gasteiger partial charge in [-0.25, -0.2) is 9.78 Å². The van der Waals surface area contributed by atoms with Crippen LogP contribution in [0.5, 0.6) is 0 Å². The number of halogens is 2. The first-order chi connectivity index (χ1) is 6.00. The van der Waals surface area contributed by atoms with Crippen molar-refractivity contribution in [1.29, 1.82) is 0 Å². The van der Waals surface area contributed by atoms with Crippen LogP contribution in [0.25, 0.3) is 0 Å². The molecule has 0 saturated carbocycles. The second kappa shape index (κ2) is 3.97. The zero-order valence-electron chi connectivity index (χ0n) is 6.21. The smallest absolute Gasteiger partial charge is 0.410 e. The number of carbonyl (C=O) groups is 1. The minimum Gasteiger partial charge on any atom is -0.465 e. The monoisotopic (exact) mass is 313 g/mol. The van der Waals surface area contributed by atoms with E-state index < -0.39 is 6.09 Å². The highest BCUT2D eigenvalue weighted by Gasteiger charge is 2.09. The molecule has 5 nitrogen and oxygen atoms in total. The molecule has 4 N–H and O–H groups in total. The van der Waals surface area contributed by atoms with Gasteiger partial charge in [0.05, 0.1) is 5.02 Å². The van der Waals surface area contributed by atoms with Gasteiger partial charge in [0.2, 0.25) is 0 Å². The number of nitrogens with two attached hydrogens (primary N) is 1. The van der Waals surface area contributed by atoms with Crippen LogP contribution < -0.4 is 11.1 Å². The molecule has 0 atom stereocenters. The molecule has 1 aromatic rings. The number of nitrogens with zero attached hydrogens (tertiary/aromatic N) is 1. The fourth-order valence-electron chi connectivity index (χ4n) is 0.701. The Morgan fingerprint density at radius 2 is 2.38 bits per heavy atom. The maximum Gasteiger partial charge on any atom is 0.410 e. The predicted octanol–water partition coefficient (Wildman–Crippen LogP) is 2.01. The topological polar surface area (TPSA) is 88.2 Å². The van der Waals surface area contributed by atoms with Crippen molar-refractivity contribution in [2.75, 3.05) is 11.1 Å². The van der Waals surface area contributed by atoms with E-state index in [1.807, 2.05) is 27.9 Å². The van der Waals surface area contributed by atoms with Gasteiger partial charge in [-0.2, -0.15) is 0 Å². The molecule has 70 valence electrons. The highest BCUT2D eigenvalue weighted by molar-refractivity contribution is 14.1. The first-order valence-corrected chi connectivity index (χ1v) is 4.58. The number of hydrogen-bond donors (Lipinski definition) is 3. The van der Waals surface area contributed by atoms with Crippen LogP contribution in [0.4, 0.5) is 16.4 Å². The van der Waals surface area contributed by atoms with Crippen molar-refractivity contribution in [1.82, 2.24) is 4.98 Å². The van der Waals surface area contributed by atoms with Crippen LogP contribution in [-0.2, 0) is 0 Å². The maximum absolute atomic E-state index is 10.3. The van der Waals surface area contributed by atoms with E-state index in [2.05, 4.69) is 4.98 Å². The fourth-order valence-corrected chi connectivity index (χ4v) is 1.42. The Hall–Kier alpha value is -0.760. The molecule has 1 heterocycles. The molecule has 1 rings (SSSR count). The van der Waals surface area contributed by atoms with E-state index in [4.69, 9.17) is 22.4 Å². The van der Waals surface area contributed by atoms with Gasteiger partial charge in [-0.05, 0) is 28.7 Å². The molecule has 0 spiro atoms. The van der Waals surface area contributed by atoms with Gasteiger partial charge in [0.25, 0.3) is 0 Å². The number of rotatable bonds is 1. The number of nitrogens with one attached hydrogen (secondary N) is 1. The van der Waals surface area contributed by atoms with Crippen molar-refractivity contribution in [2.24, 2.45) is 0 Å². The Morgan fingerprint density at radius 3 is 2.92 bits per heavy atom. The van der Waals surface area contributed by atoms with E-state index in [9.17, 15) is 4.79 Å². The molecule has 1 aromatic heterocycles. The van der Waals surface area contributed by atoms with E-state index in [1.165, 1.54) is 0 Å². The standard InChI is InChI=1S/C6H5ClIN3O2/c7-4-2(8)1-3(9)10-5(4)11-6(12)13/h1H,(H,12,13)(H3,9,10,11). The molecule has 0 aliphatic rings. The average molecular weight is 313 g/mol. The third-order valence-corrected chi connectivity index (χ3v) is 2.71. The molecule has 0 bridgehead atoms. The molecule has 0 saturated heterocycles. The molecule has 13 heavy (non-hydrogen) atoms. The van der Waals surface area contributed by atoms with E-state index in [-0.39, 0.29) is 16.7 Å². The van der Waals surface area contributed by atoms with Crippen molar-refractivity contribution in [2.45, 2.75) is 0 Å². The van der Waals surface area contributed by atoms with Gasteiger partial charge in [-0.1, -0.05) is 11.6 Å². The van der Waals surface area contributed by atoms with Crippen molar-refractivity contribution >= 4 is 51.9 Å². The molecule has 0 radical (unpaired) electrons. The lowest BCUT2D eigenvalue weighted by molar-refractivity contribution is 0.209. The summed E-state index contributed by atoms with van der Waals surface area (Å²) in [6.07, 6.45) is -1.23. The van der Waals surface area contributed by atoms with Gasteiger partial charge in [0.15, 0.2) is 5.82 Å². The Morgan fingerprint density at radius 1 is 1.77 bits per heavy atom. The first-order valence-electron chi connectivity index (χ1n) is 3.12. The predicted molar refractivity (Wildman–Crippen MR) is 58.0 cm³/mol. The number of nitrogen functional groups attached to an aromatic ring is 1. The minimum absolute atomic E-state index is 0.0542. The van der Waals surface area contributed by atoms with E-state index in [0.29, 0.717) is 3.57 Å². The summed E-state index contributed by atoms with van der Waals surface area (Å²) in [7, 11) is 0. The van der Waals surface area contributed by atoms with E-state index in [0.717, 1.165) is 0 Å². The second-order valence-corrected chi connectivity index (χ2v) is 3.66. The van der Waals surface area contributed by atoms with Crippen molar-refractivity contribution < 1.29 is 9.90 Å². The van der Waals surface area contributed by atoms with Crippen LogP contribution in [0.3, 0.4) is 0 Å². The van der Waals surface area contributed by atoms with Gasteiger partial charge in [0.1, 0.15) is 5.82 Å². The second-order valence-electron chi connectivity index (χ2n) is 2.12. The lowest BCUT2D eigenvalue weighted by Crippen LogP contribution is -2.10. The number of anilines is 2. The lowest BCUT2D eigenvalue weighted by atomic mass is 10.4. The summed E-state index contributed by atoms with van der Waals surface area (Å²) >= 11 is 7.70. The van der Waals surface area contributed by atoms with Crippen LogP contribution in [0.2, 0.25) is 5.02 Å². The van der Waals surface area contributed by atoms with Crippen LogP contribution >= 0.6 is 34.2 Å². The number of carboxylic acid groups (broad SMARTS) is 1. The number of hydrogen-bond acceptors (Lipinski definition) is 3. The molecule has 1 amide bonds. The summed E-state index contributed by atoms with van der Waals surface area (Å²) in [5, 5.41) is 10.7. The summed E-state index contributed by atoms with van der Waals surface area (Å²) in [5.74, 6) is 0.274. The van der Waals surface area contributed by atoms with Gasteiger partial charge in [0, 0.05) is 3.57 Å². The van der Waals surface area contributed by atoms with Gasteiger partial charge in [-0.3, -0.25) is 5.32 Å². The van der Waals surface area contributed by atoms with Crippen LogP contribution in [0.1, 0.15) is 0 Å². The quantitative estimate of drug-likeness (QED) is 0.692. The molecule has 0 aromatic carbocycles. The third-order valence-electron chi connectivity index (χ3n) is 1.16. The van der Waals surface area contributed by atoms with Crippen molar-refractivity contribution in [3.05, 3.63) is 14.7 Å². The van der Waals surface area contributed by atoms with Crippen LogP contribution in [0, 0.1) is 3.57 Å². The Bertz CT molecular complexity index is 358. The van der Waals surface area contributed by atoms with Gasteiger partial charge in [-0.15, -0.1) is 0 Å². The number of amides is 1.